The van der Waals surface area contributed by atoms with Crippen LogP contribution in [0.25, 0.3) is 16.9 Å². The Balaban J connectivity index is 1.89. The summed E-state index contributed by atoms with van der Waals surface area (Å²) in [6.07, 6.45) is 3.49. The number of benzene rings is 2. The van der Waals surface area contributed by atoms with Crippen molar-refractivity contribution in [3.05, 3.63) is 61.1 Å². The van der Waals surface area contributed by atoms with Gasteiger partial charge in [0.25, 0.3) is 0 Å². The smallest absolute Gasteiger partial charge is 0.241 e. The Hall–Kier alpha value is -2.64. The second kappa shape index (κ2) is 7.77. The van der Waals surface area contributed by atoms with E-state index in [9.17, 15) is 8.42 Å². The first kappa shape index (κ1) is 20.1. The molecule has 0 radical (unpaired) electrons. The van der Waals surface area contributed by atoms with E-state index in [0.717, 1.165) is 22.7 Å². The van der Waals surface area contributed by atoms with Crippen LogP contribution in [0.3, 0.4) is 0 Å². The highest BCUT2D eigenvalue weighted by Crippen LogP contribution is 2.25. The van der Waals surface area contributed by atoms with Crippen LogP contribution < -0.4 is 9.46 Å². The fourth-order valence-corrected chi connectivity index (χ4v) is 4.27. The molecular formula is C21H25N3O3S. The van der Waals surface area contributed by atoms with Crippen LogP contribution in [0.15, 0.2) is 66.0 Å². The molecule has 6 nitrogen and oxygen atoms in total. The van der Waals surface area contributed by atoms with Gasteiger partial charge < -0.3 is 4.74 Å². The van der Waals surface area contributed by atoms with E-state index in [1.54, 1.807) is 36.8 Å². The van der Waals surface area contributed by atoms with Crippen LogP contribution in [0.5, 0.6) is 5.75 Å². The molecular weight excluding hydrogens is 374 g/mol. The number of aromatic nitrogens is 2. The third kappa shape index (κ3) is 4.61. The van der Waals surface area contributed by atoms with Crippen molar-refractivity contribution in [2.45, 2.75) is 38.1 Å². The van der Waals surface area contributed by atoms with Crippen molar-refractivity contribution >= 4 is 10.0 Å². The fraction of sp³-hybridized carbons (Fsp3) is 0.286. The van der Waals surface area contributed by atoms with Crippen LogP contribution >= 0.6 is 0 Å². The molecule has 0 amide bonds. The number of rotatable bonds is 6. The van der Waals surface area contributed by atoms with Crippen molar-refractivity contribution in [3.8, 4) is 22.7 Å². The molecule has 1 heterocycles. The molecule has 0 atom stereocenters. The Labute approximate surface area is 166 Å². The molecule has 7 heteroatoms. The second-order valence-electron chi connectivity index (χ2n) is 7.46. The lowest BCUT2D eigenvalue weighted by Gasteiger charge is -2.20. The molecule has 148 valence electrons. The average molecular weight is 400 g/mol. The van der Waals surface area contributed by atoms with Gasteiger partial charge in [-0.1, -0.05) is 0 Å². The standard InChI is InChI=1S/C21H25N3O3S/c1-5-27-18-10-6-16(7-11-18)20-14-22-15-24(20)17-8-12-19(13-9-17)28(25,26)23-21(2,3)4/h6-15,23H,5H2,1-4H3. The molecule has 0 aliphatic rings. The highest BCUT2D eigenvalue weighted by atomic mass is 32.2. The Morgan fingerprint density at radius 3 is 2.25 bits per heavy atom. The van der Waals surface area contributed by atoms with E-state index in [2.05, 4.69) is 9.71 Å². The molecule has 1 N–H and O–H groups in total. The zero-order valence-corrected chi connectivity index (χ0v) is 17.3. The van der Waals surface area contributed by atoms with Crippen molar-refractivity contribution in [1.29, 1.82) is 0 Å². The Morgan fingerprint density at radius 2 is 1.68 bits per heavy atom. The number of hydrogen-bond acceptors (Lipinski definition) is 4. The minimum atomic E-state index is -3.56. The van der Waals surface area contributed by atoms with Gasteiger partial charge in [0.2, 0.25) is 10.0 Å². The van der Waals surface area contributed by atoms with Gasteiger partial charge in [-0.05, 0) is 76.2 Å². The number of nitrogens with zero attached hydrogens (tertiary/aromatic N) is 2. The molecule has 2 aromatic carbocycles. The van der Waals surface area contributed by atoms with Crippen LogP contribution in [0.1, 0.15) is 27.7 Å². The summed E-state index contributed by atoms with van der Waals surface area (Å²) in [5.74, 6) is 0.818. The summed E-state index contributed by atoms with van der Waals surface area (Å²) in [5, 5.41) is 0. The monoisotopic (exact) mass is 399 g/mol. The molecule has 28 heavy (non-hydrogen) atoms. The molecule has 0 aliphatic carbocycles. The Bertz CT molecular complexity index is 1030. The van der Waals surface area contributed by atoms with Crippen molar-refractivity contribution in [2.24, 2.45) is 0 Å². The summed E-state index contributed by atoms with van der Waals surface area (Å²) in [6, 6.07) is 14.5. The van der Waals surface area contributed by atoms with Crippen molar-refractivity contribution in [1.82, 2.24) is 14.3 Å². The lowest BCUT2D eigenvalue weighted by atomic mass is 10.1. The van der Waals surface area contributed by atoms with Crippen LogP contribution in [0, 0.1) is 0 Å². The van der Waals surface area contributed by atoms with Crippen molar-refractivity contribution in [3.63, 3.8) is 0 Å². The summed E-state index contributed by atoms with van der Waals surface area (Å²) in [6.45, 7) is 8.01. The summed E-state index contributed by atoms with van der Waals surface area (Å²) in [5.41, 5.74) is 2.19. The van der Waals surface area contributed by atoms with E-state index >= 15 is 0 Å². The number of nitrogens with one attached hydrogen (secondary N) is 1. The summed E-state index contributed by atoms with van der Waals surface area (Å²) < 4.78 is 35.0. The predicted molar refractivity (Wildman–Crippen MR) is 110 cm³/mol. The average Bonchev–Trinajstić information content (AvgIpc) is 3.10. The first-order chi connectivity index (χ1) is 13.2. The van der Waals surface area contributed by atoms with Gasteiger partial charge in [0.15, 0.2) is 0 Å². The fourth-order valence-electron chi connectivity index (χ4n) is 2.85. The molecule has 0 saturated carbocycles. The molecule has 0 saturated heterocycles. The zero-order chi connectivity index (χ0) is 20.4. The van der Waals surface area contributed by atoms with E-state index in [-0.39, 0.29) is 4.90 Å². The van der Waals surface area contributed by atoms with Crippen LogP contribution in [-0.4, -0.2) is 30.1 Å². The molecule has 0 unspecified atom stereocenters. The summed E-state index contributed by atoms with van der Waals surface area (Å²) >= 11 is 0. The van der Waals surface area contributed by atoms with Gasteiger partial charge in [0, 0.05) is 16.8 Å². The lowest BCUT2D eigenvalue weighted by molar-refractivity contribution is 0.340. The number of imidazole rings is 1. The lowest BCUT2D eigenvalue weighted by Crippen LogP contribution is -2.40. The topological polar surface area (TPSA) is 73.2 Å². The maximum Gasteiger partial charge on any atom is 0.241 e. The van der Waals surface area contributed by atoms with E-state index in [1.165, 1.54) is 0 Å². The van der Waals surface area contributed by atoms with Gasteiger partial charge in [-0.25, -0.2) is 18.1 Å². The number of sulfonamides is 1. The Kier molecular flexibility index (Phi) is 5.58. The third-order valence-corrected chi connectivity index (χ3v) is 5.74. The second-order valence-corrected chi connectivity index (χ2v) is 9.14. The predicted octanol–water partition coefficient (Wildman–Crippen LogP) is 4.01. The van der Waals surface area contributed by atoms with Crippen LogP contribution in [0.2, 0.25) is 0 Å². The largest absolute Gasteiger partial charge is 0.494 e. The first-order valence-electron chi connectivity index (χ1n) is 9.09. The van der Waals surface area contributed by atoms with E-state index < -0.39 is 15.6 Å². The zero-order valence-electron chi connectivity index (χ0n) is 16.5. The molecule has 0 fully saturated rings. The van der Waals surface area contributed by atoms with E-state index in [4.69, 9.17) is 4.74 Å². The highest BCUT2D eigenvalue weighted by Gasteiger charge is 2.22. The maximum atomic E-state index is 12.5. The van der Waals surface area contributed by atoms with E-state index in [1.807, 2.05) is 56.5 Å². The van der Waals surface area contributed by atoms with Gasteiger partial charge in [-0.3, -0.25) is 4.57 Å². The van der Waals surface area contributed by atoms with Crippen LogP contribution in [0.4, 0.5) is 0 Å². The van der Waals surface area contributed by atoms with Crippen molar-refractivity contribution in [2.75, 3.05) is 6.61 Å². The molecule has 0 bridgehead atoms. The third-order valence-electron chi connectivity index (χ3n) is 3.97. The van der Waals surface area contributed by atoms with Gasteiger partial charge in [-0.15, -0.1) is 0 Å². The normalized spacial score (nSPS) is 12.1. The van der Waals surface area contributed by atoms with Crippen molar-refractivity contribution < 1.29 is 13.2 Å². The molecule has 1 aromatic heterocycles. The first-order valence-corrected chi connectivity index (χ1v) is 10.6. The quantitative estimate of drug-likeness (QED) is 0.680. The molecule has 3 rings (SSSR count). The number of hydrogen-bond donors (Lipinski definition) is 1. The summed E-state index contributed by atoms with van der Waals surface area (Å²) in [7, 11) is -3.56. The minimum Gasteiger partial charge on any atom is -0.494 e. The maximum absolute atomic E-state index is 12.5. The number of ether oxygens (including phenoxy) is 1. The molecule has 0 aliphatic heterocycles. The van der Waals surface area contributed by atoms with E-state index in [0.29, 0.717) is 6.61 Å². The van der Waals surface area contributed by atoms with Crippen LogP contribution in [-0.2, 0) is 10.0 Å². The van der Waals surface area contributed by atoms with Gasteiger partial charge in [0.05, 0.1) is 29.7 Å². The summed E-state index contributed by atoms with van der Waals surface area (Å²) in [4.78, 5) is 4.48. The minimum absolute atomic E-state index is 0.230. The van der Waals surface area contributed by atoms with Gasteiger partial charge in [-0.2, -0.15) is 0 Å². The molecule has 3 aromatic rings. The molecule has 0 spiro atoms. The SMILES string of the molecule is CCOc1ccc(-c2cncn2-c2ccc(S(=O)(=O)NC(C)(C)C)cc2)cc1. The van der Waals surface area contributed by atoms with Gasteiger partial charge in [0.1, 0.15) is 5.75 Å². The highest BCUT2D eigenvalue weighted by molar-refractivity contribution is 7.89. The van der Waals surface area contributed by atoms with Gasteiger partial charge >= 0.3 is 0 Å². The Morgan fingerprint density at radius 1 is 1.04 bits per heavy atom.